The van der Waals surface area contributed by atoms with Gasteiger partial charge in [-0.2, -0.15) is 15.8 Å². The van der Waals surface area contributed by atoms with Crippen LogP contribution in [-0.4, -0.2) is 43.0 Å². The van der Waals surface area contributed by atoms with Crippen molar-refractivity contribution in [1.82, 2.24) is 4.90 Å². The zero-order chi connectivity index (χ0) is 22.6. The number of hydrogen-bond acceptors (Lipinski definition) is 7. The molecule has 2 aliphatic rings. The standard InChI is InChI=1S/C23H23N5O3/c1-3-30-19-8-6-5-7-16(19)20-18-12-28(22(29)31-4-2)10-9-15(18)17(11-24)21(27)23(20,13-25)14-26/h5-8,18,20,27H,3-4,9-10,12H2,1-2H3/t18-,20+/m0/s1. The minimum atomic E-state index is -1.88. The van der Waals surface area contributed by atoms with E-state index in [4.69, 9.17) is 14.9 Å². The summed E-state index contributed by atoms with van der Waals surface area (Å²) in [5.74, 6) is -0.754. The highest BCUT2D eigenvalue weighted by Crippen LogP contribution is 2.54. The van der Waals surface area contributed by atoms with Crippen LogP contribution in [0, 0.1) is 50.7 Å². The van der Waals surface area contributed by atoms with E-state index in [0.717, 1.165) is 0 Å². The molecule has 3 rings (SSSR count). The number of hydrogen-bond donors (Lipinski definition) is 1. The second kappa shape index (κ2) is 8.90. The van der Waals surface area contributed by atoms with E-state index in [1.165, 1.54) is 4.90 Å². The molecule has 1 fully saturated rings. The van der Waals surface area contributed by atoms with E-state index in [-0.39, 0.29) is 24.4 Å². The summed E-state index contributed by atoms with van der Waals surface area (Å²) >= 11 is 0. The second-order valence-electron chi connectivity index (χ2n) is 7.37. The third kappa shape index (κ3) is 3.49. The van der Waals surface area contributed by atoms with Crippen LogP contribution in [0.4, 0.5) is 4.79 Å². The van der Waals surface area contributed by atoms with Gasteiger partial charge >= 0.3 is 6.09 Å². The van der Waals surface area contributed by atoms with E-state index in [2.05, 4.69) is 0 Å². The molecule has 1 aromatic carbocycles. The van der Waals surface area contributed by atoms with Crippen molar-refractivity contribution in [2.75, 3.05) is 26.3 Å². The lowest BCUT2D eigenvalue weighted by Gasteiger charge is -2.46. The predicted molar refractivity (Wildman–Crippen MR) is 111 cm³/mol. The van der Waals surface area contributed by atoms with E-state index in [1.54, 1.807) is 31.2 Å². The van der Waals surface area contributed by atoms with Gasteiger partial charge in [-0.1, -0.05) is 18.2 Å². The molecule has 8 heteroatoms. The van der Waals surface area contributed by atoms with Gasteiger partial charge in [0.25, 0.3) is 0 Å². The van der Waals surface area contributed by atoms with Gasteiger partial charge in [0.15, 0.2) is 5.41 Å². The van der Waals surface area contributed by atoms with Gasteiger partial charge in [0.1, 0.15) is 11.8 Å². The van der Waals surface area contributed by atoms with Crippen LogP contribution in [0.15, 0.2) is 35.4 Å². The molecule has 1 saturated heterocycles. The Hall–Kier alpha value is -3.83. The Morgan fingerprint density at radius 1 is 1.23 bits per heavy atom. The van der Waals surface area contributed by atoms with Crippen molar-refractivity contribution in [2.45, 2.75) is 26.2 Å². The fraction of sp³-hybridized carbons (Fsp3) is 0.435. The first-order chi connectivity index (χ1) is 15.0. The average molecular weight is 417 g/mol. The molecule has 1 aliphatic carbocycles. The zero-order valence-corrected chi connectivity index (χ0v) is 17.5. The molecule has 0 bridgehead atoms. The summed E-state index contributed by atoms with van der Waals surface area (Å²) in [5.41, 5.74) is -0.786. The molecule has 0 saturated carbocycles. The largest absolute Gasteiger partial charge is 0.494 e. The Bertz CT molecular complexity index is 1040. The average Bonchev–Trinajstić information content (AvgIpc) is 2.79. The van der Waals surface area contributed by atoms with Crippen LogP contribution in [0.5, 0.6) is 5.75 Å². The summed E-state index contributed by atoms with van der Waals surface area (Å²) in [6.07, 6.45) is -0.105. The molecular formula is C23H23N5O3. The monoisotopic (exact) mass is 417 g/mol. The fourth-order valence-corrected chi connectivity index (χ4v) is 4.57. The minimum Gasteiger partial charge on any atom is -0.494 e. The Kier molecular flexibility index (Phi) is 6.28. The van der Waals surface area contributed by atoms with Crippen LogP contribution in [0.2, 0.25) is 0 Å². The molecule has 0 unspecified atom stereocenters. The molecule has 0 aromatic heterocycles. The van der Waals surface area contributed by atoms with Gasteiger partial charge < -0.3 is 19.8 Å². The number of piperidine rings is 1. The highest BCUT2D eigenvalue weighted by atomic mass is 16.6. The number of nitrogens with one attached hydrogen (secondary N) is 1. The van der Waals surface area contributed by atoms with Crippen molar-refractivity contribution in [3.8, 4) is 24.0 Å². The molecule has 1 aliphatic heterocycles. The predicted octanol–water partition coefficient (Wildman–Crippen LogP) is 3.53. The van der Waals surface area contributed by atoms with Gasteiger partial charge in [-0.15, -0.1) is 0 Å². The van der Waals surface area contributed by atoms with Crippen molar-refractivity contribution in [3.05, 3.63) is 41.0 Å². The molecule has 31 heavy (non-hydrogen) atoms. The molecule has 8 nitrogen and oxygen atoms in total. The zero-order valence-electron chi connectivity index (χ0n) is 17.5. The van der Waals surface area contributed by atoms with Crippen molar-refractivity contribution >= 4 is 11.8 Å². The first-order valence-corrected chi connectivity index (χ1v) is 10.2. The number of para-hydroxylation sites is 1. The van der Waals surface area contributed by atoms with Crippen LogP contribution in [0.25, 0.3) is 0 Å². The van der Waals surface area contributed by atoms with Crippen LogP contribution in [0.1, 0.15) is 31.7 Å². The number of nitrogens with zero attached hydrogens (tertiary/aromatic N) is 4. The molecule has 1 amide bonds. The van der Waals surface area contributed by atoms with Gasteiger partial charge in [-0.25, -0.2) is 4.79 Å². The number of ether oxygens (including phenoxy) is 2. The minimum absolute atomic E-state index is 0.0711. The van der Waals surface area contributed by atoms with Gasteiger partial charge in [0.05, 0.1) is 36.6 Å². The SMILES string of the molecule is CCOC(=O)N1CCC2=C(C#N)C(=N)C(C#N)(C#N)[C@H](c3ccccc3OCC)[C@H]2C1. The topological polar surface area (TPSA) is 134 Å². The van der Waals surface area contributed by atoms with E-state index < -0.39 is 23.3 Å². The quantitative estimate of drug-likeness (QED) is 0.796. The molecule has 0 radical (unpaired) electrons. The summed E-state index contributed by atoms with van der Waals surface area (Å²) in [7, 11) is 0. The lowest BCUT2D eigenvalue weighted by molar-refractivity contribution is 0.0916. The van der Waals surface area contributed by atoms with Crippen LogP contribution in [-0.2, 0) is 4.74 Å². The van der Waals surface area contributed by atoms with Gasteiger partial charge in [0, 0.05) is 30.5 Å². The maximum atomic E-state index is 12.4. The summed E-state index contributed by atoms with van der Waals surface area (Å²) in [6, 6.07) is 13.3. The van der Waals surface area contributed by atoms with E-state index in [1.807, 2.05) is 25.1 Å². The van der Waals surface area contributed by atoms with Gasteiger partial charge in [0.2, 0.25) is 0 Å². The number of nitriles is 3. The molecule has 1 aromatic rings. The first-order valence-electron chi connectivity index (χ1n) is 10.2. The molecule has 2 atom stereocenters. The Labute approximate surface area is 181 Å². The Morgan fingerprint density at radius 2 is 1.94 bits per heavy atom. The van der Waals surface area contributed by atoms with E-state index in [0.29, 0.717) is 36.5 Å². The lowest BCUT2D eigenvalue weighted by atomic mass is 9.56. The maximum Gasteiger partial charge on any atom is 0.409 e. The second-order valence-corrected chi connectivity index (χ2v) is 7.37. The lowest BCUT2D eigenvalue weighted by Crippen LogP contribution is -2.51. The number of amides is 1. The maximum absolute atomic E-state index is 12.4. The fourth-order valence-electron chi connectivity index (χ4n) is 4.57. The highest BCUT2D eigenvalue weighted by molar-refractivity contribution is 6.11. The summed E-state index contributed by atoms with van der Waals surface area (Å²) in [6.45, 7) is 4.70. The number of rotatable bonds is 4. The van der Waals surface area contributed by atoms with Crippen LogP contribution < -0.4 is 4.74 Å². The number of likely N-dealkylation sites (tertiary alicyclic amines) is 1. The third-order valence-corrected chi connectivity index (χ3v) is 5.89. The summed E-state index contributed by atoms with van der Waals surface area (Å²) in [5, 5.41) is 38.7. The molecule has 158 valence electrons. The first kappa shape index (κ1) is 21.9. The molecular weight excluding hydrogens is 394 g/mol. The molecule has 1 heterocycles. The number of carbonyl (C=O) groups excluding carboxylic acids is 1. The van der Waals surface area contributed by atoms with Crippen molar-refractivity contribution < 1.29 is 14.3 Å². The van der Waals surface area contributed by atoms with Gasteiger partial charge in [-0.05, 0) is 31.9 Å². The normalized spacial score (nSPS) is 21.9. The number of allylic oxidation sites excluding steroid dienone is 1. The van der Waals surface area contributed by atoms with Crippen molar-refractivity contribution in [1.29, 1.82) is 21.2 Å². The smallest absolute Gasteiger partial charge is 0.409 e. The molecule has 0 spiro atoms. The number of carbonyl (C=O) groups is 1. The Morgan fingerprint density at radius 3 is 2.55 bits per heavy atom. The van der Waals surface area contributed by atoms with Crippen LogP contribution >= 0.6 is 0 Å². The number of fused-ring (bicyclic) bond motifs is 1. The van der Waals surface area contributed by atoms with E-state index in [9.17, 15) is 20.6 Å². The number of benzene rings is 1. The van der Waals surface area contributed by atoms with Crippen molar-refractivity contribution in [2.24, 2.45) is 11.3 Å². The summed E-state index contributed by atoms with van der Waals surface area (Å²) in [4.78, 5) is 14.0. The third-order valence-electron chi connectivity index (χ3n) is 5.89. The summed E-state index contributed by atoms with van der Waals surface area (Å²) < 4.78 is 10.9. The molecule has 1 N–H and O–H groups in total. The Balaban J connectivity index is 2.24. The van der Waals surface area contributed by atoms with Crippen LogP contribution in [0.3, 0.4) is 0 Å². The van der Waals surface area contributed by atoms with Gasteiger partial charge in [-0.3, -0.25) is 0 Å². The van der Waals surface area contributed by atoms with E-state index >= 15 is 0 Å². The van der Waals surface area contributed by atoms with Crippen molar-refractivity contribution in [3.63, 3.8) is 0 Å². The highest BCUT2D eigenvalue weighted by Gasteiger charge is 2.56.